The highest BCUT2D eigenvalue weighted by Gasteiger charge is 2.33. The highest BCUT2D eigenvalue weighted by atomic mass is 32.2. The van der Waals surface area contributed by atoms with Crippen LogP contribution in [0.4, 0.5) is 14.5 Å². The highest BCUT2D eigenvalue weighted by Crippen LogP contribution is 2.38. The standard InChI is InChI=1S/C20H16F2N2O3S/c1-23-19-9-12(4-5-16(19)21)27-20-15(10-13-3-2-8-28(13,25)26)14-6-7-24-18(14)11-17(20)22/h4-7,9,11,13,24H,2-3,8,10H2. The number of aromatic amines is 1. The smallest absolute Gasteiger partial charge is 0.225 e. The third-order valence-electron chi connectivity index (χ3n) is 5.02. The van der Waals surface area contributed by atoms with Crippen LogP contribution in [-0.4, -0.2) is 24.4 Å². The molecule has 5 nitrogen and oxygen atoms in total. The van der Waals surface area contributed by atoms with Gasteiger partial charge in [0.05, 0.1) is 17.6 Å². The first-order valence-corrected chi connectivity index (χ1v) is 10.5. The maximum absolute atomic E-state index is 14.8. The predicted octanol–water partition coefficient (Wildman–Crippen LogP) is 4.91. The lowest BCUT2D eigenvalue weighted by molar-refractivity contribution is 0.436. The molecule has 0 amide bonds. The molecular weight excluding hydrogens is 386 g/mol. The lowest BCUT2D eigenvalue weighted by Crippen LogP contribution is -2.19. The Kier molecular flexibility index (Phi) is 4.55. The Balaban J connectivity index is 1.81. The molecule has 1 saturated heterocycles. The Morgan fingerprint density at radius 3 is 2.75 bits per heavy atom. The van der Waals surface area contributed by atoms with E-state index in [1.54, 1.807) is 12.3 Å². The summed E-state index contributed by atoms with van der Waals surface area (Å²) >= 11 is 0. The molecule has 8 heteroatoms. The summed E-state index contributed by atoms with van der Waals surface area (Å²) in [5, 5.41) is 0.0767. The Morgan fingerprint density at radius 2 is 2.04 bits per heavy atom. The van der Waals surface area contributed by atoms with Crippen molar-refractivity contribution in [3.63, 3.8) is 0 Å². The van der Waals surface area contributed by atoms with Crippen LogP contribution in [0.5, 0.6) is 11.5 Å². The van der Waals surface area contributed by atoms with E-state index in [4.69, 9.17) is 11.3 Å². The van der Waals surface area contributed by atoms with Crippen molar-refractivity contribution in [2.75, 3.05) is 5.75 Å². The quantitative estimate of drug-likeness (QED) is 0.631. The van der Waals surface area contributed by atoms with Crippen molar-refractivity contribution in [1.29, 1.82) is 0 Å². The van der Waals surface area contributed by atoms with Crippen LogP contribution in [0.25, 0.3) is 15.7 Å². The normalized spacial score (nSPS) is 18.2. The summed E-state index contributed by atoms with van der Waals surface area (Å²) in [6.07, 6.45) is 2.87. The molecule has 144 valence electrons. The Morgan fingerprint density at radius 1 is 1.21 bits per heavy atom. The minimum Gasteiger partial charge on any atom is -0.455 e. The number of fused-ring (bicyclic) bond motifs is 1. The second-order valence-corrected chi connectivity index (χ2v) is 9.17. The van der Waals surface area contributed by atoms with Gasteiger partial charge in [-0.15, -0.1) is 0 Å². The molecule has 1 N–H and O–H groups in total. The van der Waals surface area contributed by atoms with Gasteiger partial charge in [0.25, 0.3) is 0 Å². The lowest BCUT2D eigenvalue weighted by atomic mass is 10.0. The van der Waals surface area contributed by atoms with Gasteiger partial charge in [-0.2, -0.15) is 0 Å². The number of nitrogens with one attached hydrogen (secondary N) is 1. The Hall–Kier alpha value is -2.92. The number of halogens is 2. The number of sulfone groups is 1. The van der Waals surface area contributed by atoms with E-state index in [2.05, 4.69) is 9.83 Å². The van der Waals surface area contributed by atoms with Gasteiger partial charge in [0.1, 0.15) is 11.6 Å². The molecule has 1 atom stereocenters. The maximum atomic E-state index is 14.8. The number of hydrogen-bond acceptors (Lipinski definition) is 3. The van der Waals surface area contributed by atoms with Gasteiger partial charge in [-0.05, 0) is 43.5 Å². The molecule has 0 bridgehead atoms. The van der Waals surface area contributed by atoms with Crippen LogP contribution in [0.1, 0.15) is 18.4 Å². The second-order valence-electron chi connectivity index (χ2n) is 6.77. The molecular formula is C20H16F2N2O3S. The zero-order valence-electron chi connectivity index (χ0n) is 14.7. The van der Waals surface area contributed by atoms with E-state index in [1.807, 2.05) is 0 Å². The number of nitrogens with zero attached hydrogens (tertiary/aromatic N) is 1. The topological polar surface area (TPSA) is 63.5 Å². The molecule has 1 unspecified atom stereocenters. The van der Waals surface area contributed by atoms with E-state index in [1.165, 1.54) is 18.2 Å². The molecule has 0 radical (unpaired) electrons. The van der Waals surface area contributed by atoms with Gasteiger partial charge in [0.15, 0.2) is 21.4 Å². The highest BCUT2D eigenvalue weighted by molar-refractivity contribution is 7.92. The van der Waals surface area contributed by atoms with E-state index in [0.717, 1.165) is 6.07 Å². The molecule has 3 aromatic rings. The first kappa shape index (κ1) is 18.4. The monoisotopic (exact) mass is 402 g/mol. The molecule has 0 spiro atoms. The van der Waals surface area contributed by atoms with Crippen LogP contribution in [0, 0.1) is 18.2 Å². The van der Waals surface area contributed by atoms with Crippen molar-refractivity contribution >= 4 is 26.4 Å². The number of rotatable bonds is 4. The molecule has 1 aliphatic heterocycles. The minimum absolute atomic E-state index is 0.100. The summed E-state index contributed by atoms with van der Waals surface area (Å²) in [5.41, 5.74) is 0.747. The van der Waals surface area contributed by atoms with E-state index >= 15 is 0 Å². The largest absolute Gasteiger partial charge is 0.455 e. The fourth-order valence-corrected chi connectivity index (χ4v) is 5.46. The minimum atomic E-state index is -3.23. The average Bonchev–Trinajstić information content (AvgIpc) is 3.25. The van der Waals surface area contributed by atoms with Gasteiger partial charge in [0.2, 0.25) is 5.69 Å². The first-order valence-electron chi connectivity index (χ1n) is 8.74. The summed E-state index contributed by atoms with van der Waals surface area (Å²) in [4.78, 5) is 6.01. The molecule has 1 fully saturated rings. The van der Waals surface area contributed by atoms with Crippen LogP contribution < -0.4 is 4.74 Å². The molecule has 2 heterocycles. The van der Waals surface area contributed by atoms with Crippen molar-refractivity contribution in [2.45, 2.75) is 24.5 Å². The van der Waals surface area contributed by atoms with Crippen LogP contribution in [0.2, 0.25) is 0 Å². The number of hydrogen-bond donors (Lipinski definition) is 1. The van der Waals surface area contributed by atoms with E-state index in [-0.39, 0.29) is 29.4 Å². The van der Waals surface area contributed by atoms with Crippen molar-refractivity contribution < 1.29 is 21.9 Å². The van der Waals surface area contributed by atoms with Gasteiger partial charge < -0.3 is 9.72 Å². The van der Waals surface area contributed by atoms with Crippen molar-refractivity contribution in [1.82, 2.24) is 4.98 Å². The average molecular weight is 402 g/mol. The fraction of sp³-hybridized carbons (Fsp3) is 0.250. The zero-order valence-corrected chi connectivity index (χ0v) is 15.5. The number of H-pyrrole nitrogens is 1. The third kappa shape index (κ3) is 3.22. The molecule has 4 rings (SSSR count). The lowest BCUT2D eigenvalue weighted by Gasteiger charge is -2.17. The summed E-state index contributed by atoms with van der Waals surface area (Å²) in [6.45, 7) is 7.01. The van der Waals surface area contributed by atoms with Gasteiger partial charge in [-0.25, -0.2) is 22.0 Å². The van der Waals surface area contributed by atoms with Crippen molar-refractivity contribution in [2.24, 2.45) is 0 Å². The molecule has 2 aromatic carbocycles. The van der Waals surface area contributed by atoms with Crippen LogP contribution in [0.3, 0.4) is 0 Å². The van der Waals surface area contributed by atoms with Gasteiger partial charge in [-0.3, -0.25) is 0 Å². The maximum Gasteiger partial charge on any atom is 0.225 e. The SMILES string of the molecule is [C-]#[N+]c1cc(Oc2c(F)cc3[nH]ccc3c2CC2CCCS2(=O)=O)ccc1F. The first-order chi connectivity index (χ1) is 13.4. The van der Waals surface area contributed by atoms with Gasteiger partial charge in [0, 0.05) is 28.7 Å². The Labute approximate surface area is 160 Å². The van der Waals surface area contributed by atoms with Crippen LogP contribution in [-0.2, 0) is 16.3 Å². The van der Waals surface area contributed by atoms with Crippen LogP contribution in [0.15, 0.2) is 36.5 Å². The fourth-order valence-electron chi connectivity index (χ4n) is 3.61. The van der Waals surface area contributed by atoms with E-state index in [9.17, 15) is 17.2 Å². The third-order valence-corrected chi connectivity index (χ3v) is 7.29. The summed E-state index contributed by atoms with van der Waals surface area (Å²) < 4.78 is 58.7. The van der Waals surface area contributed by atoms with Gasteiger partial charge in [-0.1, -0.05) is 0 Å². The van der Waals surface area contributed by atoms with Gasteiger partial charge >= 0.3 is 0 Å². The Bertz CT molecular complexity index is 1210. The molecule has 0 saturated carbocycles. The summed E-state index contributed by atoms with van der Waals surface area (Å²) in [7, 11) is -3.23. The van der Waals surface area contributed by atoms with Crippen LogP contribution >= 0.6 is 0 Å². The summed E-state index contributed by atoms with van der Waals surface area (Å²) in [6, 6.07) is 6.60. The van der Waals surface area contributed by atoms with E-state index < -0.39 is 26.7 Å². The van der Waals surface area contributed by atoms with E-state index in [0.29, 0.717) is 29.3 Å². The second kappa shape index (κ2) is 6.91. The predicted molar refractivity (Wildman–Crippen MR) is 102 cm³/mol. The number of aromatic nitrogens is 1. The van der Waals surface area contributed by atoms with Crippen molar-refractivity contribution in [3.8, 4) is 11.5 Å². The number of ether oxygens (including phenoxy) is 1. The van der Waals surface area contributed by atoms with Crippen molar-refractivity contribution in [3.05, 3.63) is 65.1 Å². The molecule has 28 heavy (non-hydrogen) atoms. The molecule has 1 aliphatic rings. The molecule has 1 aromatic heterocycles. The summed E-state index contributed by atoms with van der Waals surface area (Å²) in [5.74, 6) is -1.21. The zero-order chi connectivity index (χ0) is 19.9. The number of benzene rings is 2. The molecule has 0 aliphatic carbocycles.